The number of aliphatic hydroxyl groups is 1. The molecule has 267 valence electrons. The predicted octanol–water partition coefficient (Wildman–Crippen LogP) is 12.7. The van der Waals surface area contributed by atoms with Crippen molar-refractivity contribution in [1.82, 2.24) is 4.98 Å². The van der Waals surface area contributed by atoms with Crippen LogP contribution in [0.3, 0.4) is 0 Å². The van der Waals surface area contributed by atoms with Gasteiger partial charge < -0.3 is 5.11 Å². The van der Waals surface area contributed by atoms with Crippen LogP contribution in [0, 0.1) is 22.7 Å². The Morgan fingerprint density at radius 1 is 0.765 bits per heavy atom. The second-order valence-electron chi connectivity index (χ2n) is 13.7. The maximum atomic E-state index is 15.5. The number of carbonyl (C=O) groups excluding carboxylic acids is 1. The number of aliphatic hydroxyl groups excluding tert-OH is 1. The van der Waals surface area contributed by atoms with E-state index in [4.69, 9.17) is 0 Å². The number of halogens is 4. The summed E-state index contributed by atoms with van der Waals surface area (Å²) in [6.07, 6.45) is -0.00154. The Hall–Kier alpha value is -4.39. The van der Waals surface area contributed by atoms with Crippen LogP contribution in [0.4, 0.5) is 17.6 Å². The van der Waals surface area contributed by atoms with Crippen LogP contribution in [-0.2, 0) is 31.1 Å². The fourth-order valence-electron chi connectivity index (χ4n) is 5.55. The molecule has 1 N–H and O–H groups in total. The van der Waals surface area contributed by atoms with Crippen LogP contribution in [0.15, 0.2) is 109 Å². The Morgan fingerprint density at radius 2 is 1.35 bits per heavy atom. The van der Waals surface area contributed by atoms with Crippen LogP contribution in [-0.4, -0.2) is 15.9 Å². The summed E-state index contributed by atoms with van der Waals surface area (Å²) in [6, 6.07) is 28.5. The first kappa shape index (κ1) is 39.4. The first-order valence-corrected chi connectivity index (χ1v) is 16.6. The Labute approximate surface area is 309 Å². The van der Waals surface area contributed by atoms with Crippen LogP contribution in [0.2, 0.25) is 0 Å². The van der Waals surface area contributed by atoms with Crippen LogP contribution < -0.4 is 0 Å². The molecule has 5 aromatic carbocycles. The van der Waals surface area contributed by atoms with Crippen molar-refractivity contribution in [2.45, 2.75) is 60.6 Å². The zero-order valence-corrected chi connectivity index (χ0v) is 31.8. The van der Waals surface area contributed by atoms with Crippen molar-refractivity contribution in [2.24, 2.45) is 10.8 Å². The molecule has 0 unspecified atom stereocenters. The molecule has 1 aromatic heterocycles. The van der Waals surface area contributed by atoms with Gasteiger partial charge in [0.05, 0.1) is 0 Å². The van der Waals surface area contributed by atoms with Gasteiger partial charge in [-0.05, 0) is 46.2 Å². The van der Waals surface area contributed by atoms with Crippen LogP contribution in [0.1, 0.15) is 59.9 Å². The number of pyridine rings is 1. The summed E-state index contributed by atoms with van der Waals surface area (Å²) in [5.41, 5.74) is 0.449. The molecular formula is C43H40F4IrNO2-. The van der Waals surface area contributed by atoms with Crippen molar-refractivity contribution in [3.8, 4) is 22.4 Å². The fourth-order valence-corrected chi connectivity index (χ4v) is 5.55. The first-order valence-electron chi connectivity index (χ1n) is 16.6. The summed E-state index contributed by atoms with van der Waals surface area (Å²) in [6.45, 7) is 11.7. The van der Waals surface area contributed by atoms with Crippen molar-refractivity contribution >= 4 is 38.1 Å². The van der Waals surface area contributed by atoms with Crippen molar-refractivity contribution in [3.63, 3.8) is 0 Å². The third-order valence-corrected chi connectivity index (χ3v) is 9.69. The van der Waals surface area contributed by atoms with Crippen molar-refractivity contribution < 1.29 is 47.6 Å². The van der Waals surface area contributed by atoms with Crippen LogP contribution in [0.25, 0.3) is 54.7 Å². The molecule has 3 nitrogen and oxygen atoms in total. The molecule has 8 heteroatoms. The average molecular weight is 871 g/mol. The van der Waals surface area contributed by atoms with Crippen LogP contribution in [0.5, 0.6) is 0 Å². The molecule has 0 spiro atoms. The van der Waals surface area contributed by atoms with E-state index in [2.05, 4.69) is 11.1 Å². The number of rotatable bonds is 7. The minimum absolute atomic E-state index is 0. The second-order valence-corrected chi connectivity index (χ2v) is 13.7. The van der Waals surface area contributed by atoms with Gasteiger partial charge in [-0.1, -0.05) is 125 Å². The van der Waals surface area contributed by atoms with E-state index < -0.39 is 11.7 Å². The largest absolute Gasteiger partial charge is 0.512 e. The van der Waals surface area contributed by atoms with Gasteiger partial charge in [0.25, 0.3) is 0 Å². The number of allylic oxidation sites excluding steroid dienone is 2. The number of hydrogen-bond donors (Lipinski definition) is 1. The van der Waals surface area contributed by atoms with Crippen LogP contribution >= 0.6 is 0 Å². The third kappa shape index (κ3) is 8.24. The predicted molar refractivity (Wildman–Crippen MR) is 195 cm³/mol. The summed E-state index contributed by atoms with van der Waals surface area (Å²) < 4.78 is 57.2. The van der Waals surface area contributed by atoms with E-state index in [1.54, 1.807) is 42.5 Å². The first-order chi connectivity index (χ1) is 23.6. The van der Waals surface area contributed by atoms with Gasteiger partial charge in [0.2, 0.25) is 0 Å². The Kier molecular flexibility index (Phi) is 11.9. The standard InChI is InChI=1S/C30H16F4N.C13H24O2.Ir/c31-28-22(18-6-2-1-3-7-18)10-11-23-24-14-15-35-29(26(24)13-12-25(23)28)20-16-19-8-4-5-9-21(19)27(17-20)30(32,33)34;1-7-12(3,4)10(14)9-11(15)13(5,6)8-2;/h1-15,17H;9,14H,7-8H2,1-6H3;/q-1;;/b;10-9-;. The fraction of sp³-hybridized carbons (Fsp3) is 0.256. The summed E-state index contributed by atoms with van der Waals surface area (Å²) >= 11 is 0. The SMILES string of the molecule is CCC(C)(C)C(=O)/C=C(\O)C(C)(C)CC.Fc1c(-c2ccccc2)ccc2c1ccc1c(-c3[c-]c4ccccc4c(C(F)(F)F)c3)nccc12.[Ir]. The van der Waals surface area contributed by atoms with E-state index in [1.807, 2.05) is 77.9 Å². The number of nitrogens with zero attached hydrogens (tertiary/aromatic N) is 1. The third-order valence-electron chi connectivity index (χ3n) is 9.69. The number of carbonyl (C=O) groups is 1. The Morgan fingerprint density at radius 3 is 2.00 bits per heavy atom. The molecule has 0 aliphatic heterocycles. The molecule has 0 aliphatic carbocycles. The molecule has 0 atom stereocenters. The van der Waals surface area contributed by atoms with Gasteiger partial charge in [-0.25, -0.2) is 4.39 Å². The quantitative estimate of drug-likeness (QED) is 0.0572. The molecule has 0 bridgehead atoms. The Balaban J connectivity index is 0.000000312. The maximum absolute atomic E-state index is 15.5. The molecule has 51 heavy (non-hydrogen) atoms. The molecule has 0 fully saturated rings. The number of ketones is 1. The molecule has 0 aliphatic rings. The number of benzene rings is 5. The van der Waals surface area contributed by atoms with E-state index in [0.29, 0.717) is 38.2 Å². The summed E-state index contributed by atoms with van der Waals surface area (Å²) in [5, 5.41) is 12.7. The molecule has 0 amide bonds. The van der Waals surface area contributed by atoms with Gasteiger partial charge in [0.15, 0.2) is 5.78 Å². The van der Waals surface area contributed by atoms with Crippen molar-refractivity contribution in [3.05, 3.63) is 126 Å². The molecular weight excluding hydrogens is 831 g/mol. The zero-order chi connectivity index (χ0) is 36.4. The summed E-state index contributed by atoms with van der Waals surface area (Å²) in [5.74, 6) is -0.147. The molecule has 6 rings (SSSR count). The van der Waals surface area contributed by atoms with E-state index >= 15 is 4.39 Å². The van der Waals surface area contributed by atoms with Gasteiger partial charge >= 0.3 is 6.18 Å². The molecule has 0 saturated carbocycles. The zero-order valence-electron chi connectivity index (χ0n) is 29.4. The topological polar surface area (TPSA) is 50.2 Å². The van der Waals surface area contributed by atoms with E-state index in [9.17, 15) is 23.1 Å². The minimum atomic E-state index is -4.53. The number of hydrogen-bond acceptors (Lipinski definition) is 3. The smallest absolute Gasteiger partial charge is 0.403 e. The Bertz CT molecular complexity index is 2220. The average Bonchev–Trinajstić information content (AvgIpc) is 3.11. The van der Waals surface area contributed by atoms with Gasteiger partial charge in [0, 0.05) is 59.9 Å². The van der Waals surface area contributed by atoms with Gasteiger partial charge in [-0.2, -0.15) is 13.2 Å². The number of alkyl halides is 3. The number of aromatic nitrogens is 1. The summed E-state index contributed by atoms with van der Waals surface area (Å²) in [7, 11) is 0. The van der Waals surface area contributed by atoms with Crippen molar-refractivity contribution in [2.75, 3.05) is 0 Å². The molecule has 1 heterocycles. The molecule has 1 radical (unpaired) electrons. The second kappa shape index (κ2) is 15.5. The van der Waals surface area contributed by atoms with Gasteiger partial charge in [-0.3, -0.25) is 9.78 Å². The van der Waals surface area contributed by atoms with E-state index in [-0.39, 0.29) is 59.2 Å². The van der Waals surface area contributed by atoms with E-state index in [0.717, 1.165) is 24.5 Å². The maximum Gasteiger partial charge on any atom is 0.403 e. The molecule has 0 saturated heterocycles. The molecule has 6 aromatic rings. The van der Waals surface area contributed by atoms with Gasteiger partial charge in [0.1, 0.15) is 11.6 Å². The van der Waals surface area contributed by atoms with Crippen molar-refractivity contribution in [1.29, 1.82) is 0 Å². The van der Waals surface area contributed by atoms with E-state index in [1.165, 1.54) is 18.3 Å². The monoisotopic (exact) mass is 871 g/mol. The van der Waals surface area contributed by atoms with Gasteiger partial charge in [-0.15, -0.1) is 23.6 Å². The summed E-state index contributed by atoms with van der Waals surface area (Å²) in [4.78, 5) is 16.2. The normalized spacial score (nSPS) is 12.4. The minimum Gasteiger partial charge on any atom is -0.512 e. The number of fused-ring (bicyclic) bond motifs is 4.